The van der Waals surface area contributed by atoms with Gasteiger partial charge in [0.05, 0.1) is 0 Å². The van der Waals surface area contributed by atoms with Gasteiger partial charge in [-0.15, -0.1) is 11.3 Å². The minimum absolute atomic E-state index is 0.454. The Balaban J connectivity index is 2.26. The lowest BCUT2D eigenvalue weighted by atomic mass is 9.69. The van der Waals surface area contributed by atoms with Gasteiger partial charge in [-0.05, 0) is 56.7 Å². The van der Waals surface area contributed by atoms with Crippen LogP contribution >= 0.6 is 11.3 Å². The molecular formula is C17H29NS. The van der Waals surface area contributed by atoms with Crippen molar-refractivity contribution in [2.24, 2.45) is 5.41 Å². The Morgan fingerprint density at radius 3 is 2.47 bits per heavy atom. The van der Waals surface area contributed by atoms with E-state index < -0.39 is 0 Å². The Morgan fingerprint density at radius 2 is 1.95 bits per heavy atom. The lowest BCUT2D eigenvalue weighted by Gasteiger charge is -2.41. The van der Waals surface area contributed by atoms with Crippen molar-refractivity contribution in [1.82, 2.24) is 5.32 Å². The van der Waals surface area contributed by atoms with Crippen molar-refractivity contribution < 1.29 is 0 Å². The summed E-state index contributed by atoms with van der Waals surface area (Å²) in [5.74, 6) is 0. The summed E-state index contributed by atoms with van der Waals surface area (Å²) in [7, 11) is 0. The molecule has 0 bridgehead atoms. The zero-order valence-electron chi connectivity index (χ0n) is 13.0. The molecule has 1 aliphatic rings. The first kappa shape index (κ1) is 15.1. The second-order valence-corrected chi connectivity index (χ2v) is 7.79. The van der Waals surface area contributed by atoms with E-state index in [1.165, 1.54) is 49.0 Å². The molecule has 19 heavy (non-hydrogen) atoms. The van der Waals surface area contributed by atoms with E-state index in [1.54, 1.807) is 4.88 Å². The molecule has 1 fully saturated rings. The van der Waals surface area contributed by atoms with Gasteiger partial charge in [0.25, 0.3) is 0 Å². The van der Waals surface area contributed by atoms with Gasteiger partial charge in [0.1, 0.15) is 0 Å². The maximum Gasteiger partial charge on any atom is 0.0472 e. The Hall–Kier alpha value is -0.340. The first-order valence-electron chi connectivity index (χ1n) is 7.87. The smallest absolute Gasteiger partial charge is 0.0472 e. The zero-order valence-corrected chi connectivity index (χ0v) is 13.8. The fraction of sp³-hybridized carbons (Fsp3) is 0.765. The van der Waals surface area contributed by atoms with E-state index in [1.807, 2.05) is 11.3 Å². The third-order valence-corrected chi connectivity index (χ3v) is 5.85. The van der Waals surface area contributed by atoms with Gasteiger partial charge in [0.2, 0.25) is 0 Å². The molecule has 1 nitrogen and oxygen atoms in total. The van der Waals surface area contributed by atoms with E-state index in [0.717, 1.165) is 6.54 Å². The highest BCUT2D eigenvalue weighted by atomic mass is 32.1. The number of hydrogen-bond donors (Lipinski definition) is 1. The van der Waals surface area contributed by atoms with Gasteiger partial charge in [-0.2, -0.15) is 0 Å². The average Bonchev–Trinajstić information content (AvgIpc) is 2.70. The maximum atomic E-state index is 3.86. The van der Waals surface area contributed by atoms with Gasteiger partial charge in [-0.3, -0.25) is 0 Å². The molecule has 1 heterocycles. The van der Waals surface area contributed by atoms with Crippen LogP contribution in [-0.2, 0) is 0 Å². The SMILES string of the molecule is CCCNC(c1sc(C)cc1C)C1(C)CCCCC1. The first-order chi connectivity index (χ1) is 9.07. The van der Waals surface area contributed by atoms with Crippen molar-refractivity contribution in [3.05, 3.63) is 21.4 Å². The lowest BCUT2D eigenvalue weighted by Crippen LogP contribution is -2.38. The van der Waals surface area contributed by atoms with Crippen LogP contribution < -0.4 is 5.32 Å². The molecule has 1 saturated carbocycles. The number of hydrogen-bond acceptors (Lipinski definition) is 2. The molecule has 0 amide bonds. The molecule has 108 valence electrons. The third kappa shape index (κ3) is 3.41. The normalized spacial score (nSPS) is 20.4. The molecule has 0 aromatic carbocycles. The monoisotopic (exact) mass is 279 g/mol. The summed E-state index contributed by atoms with van der Waals surface area (Å²) in [5, 5.41) is 3.86. The molecule has 1 unspecified atom stereocenters. The van der Waals surface area contributed by atoms with Crippen LogP contribution in [0.3, 0.4) is 0 Å². The number of nitrogens with one attached hydrogen (secondary N) is 1. The summed E-state index contributed by atoms with van der Waals surface area (Å²) in [6, 6.07) is 2.92. The van der Waals surface area contributed by atoms with E-state index >= 15 is 0 Å². The fourth-order valence-electron chi connectivity index (χ4n) is 3.54. The minimum atomic E-state index is 0.454. The summed E-state index contributed by atoms with van der Waals surface area (Å²) in [4.78, 5) is 3.05. The Labute approximate surface area is 122 Å². The zero-order chi connectivity index (χ0) is 13.9. The van der Waals surface area contributed by atoms with E-state index in [-0.39, 0.29) is 0 Å². The second kappa shape index (κ2) is 6.41. The van der Waals surface area contributed by atoms with Gasteiger partial charge < -0.3 is 5.32 Å². The van der Waals surface area contributed by atoms with E-state index in [2.05, 4.69) is 39.1 Å². The molecule has 0 saturated heterocycles. The highest BCUT2D eigenvalue weighted by Gasteiger charge is 2.37. The third-order valence-electron chi connectivity index (χ3n) is 4.63. The second-order valence-electron chi connectivity index (χ2n) is 6.51. The average molecular weight is 279 g/mol. The van der Waals surface area contributed by atoms with Gasteiger partial charge in [0, 0.05) is 15.8 Å². The van der Waals surface area contributed by atoms with Gasteiger partial charge >= 0.3 is 0 Å². The fourth-order valence-corrected chi connectivity index (χ4v) is 4.83. The van der Waals surface area contributed by atoms with Crippen molar-refractivity contribution in [3.63, 3.8) is 0 Å². The number of aryl methyl sites for hydroxylation is 2. The Kier molecular flexibility index (Phi) is 5.08. The van der Waals surface area contributed by atoms with Crippen molar-refractivity contribution in [3.8, 4) is 0 Å². The molecule has 1 N–H and O–H groups in total. The highest BCUT2D eigenvalue weighted by molar-refractivity contribution is 7.12. The molecule has 2 rings (SSSR count). The topological polar surface area (TPSA) is 12.0 Å². The van der Waals surface area contributed by atoms with E-state index in [0.29, 0.717) is 11.5 Å². The van der Waals surface area contributed by atoms with E-state index in [9.17, 15) is 0 Å². The lowest BCUT2D eigenvalue weighted by molar-refractivity contribution is 0.146. The molecule has 2 heteroatoms. The van der Waals surface area contributed by atoms with Crippen molar-refractivity contribution in [2.45, 2.75) is 72.3 Å². The van der Waals surface area contributed by atoms with Crippen LogP contribution in [0, 0.1) is 19.3 Å². The van der Waals surface area contributed by atoms with Crippen LogP contribution in [0.4, 0.5) is 0 Å². The van der Waals surface area contributed by atoms with Gasteiger partial charge in [-0.25, -0.2) is 0 Å². The summed E-state index contributed by atoms with van der Waals surface area (Å²) >= 11 is 2.00. The summed E-state index contributed by atoms with van der Waals surface area (Å²) in [5.41, 5.74) is 1.94. The maximum absolute atomic E-state index is 3.86. The van der Waals surface area contributed by atoms with Crippen LogP contribution in [0.25, 0.3) is 0 Å². The molecule has 0 spiro atoms. The van der Waals surface area contributed by atoms with Crippen LogP contribution in [-0.4, -0.2) is 6.54 Å². The molecule has 1 aromatic heterocycles. The van der Waals surface area contributed by atoms with Crippen molar-refractivity contribution in [1.29, 1.82) is 0 Å². The predicted molar refractivity (Wildman–Crippen MR) is 86.0 cm³/mol. The predicted octanol–water partition coefficient (Wildman–Crippen LogP) is 5.38. The molecule has 0 aliphatic heterocycles. The number of thiophene rings is 1. The minimum Gasteiger partial charge on any atom is -0.309 e. The van der Waals surface area contributed by atoms with Crippen molar-refractivity contribution >= 4 is 11.3 Å². The quantitative estimate of drug-likeness (QED) is 0.763. The van der Waals surface area contributed by atoms with Crippen LogP contribution in [0.1, 0.15) is 73.7 Å². The first-order valence-corrected chi connectivity index (χ1v) is 8.69. The van der Waals surface area contributed by atoms with Crippen LogP contribution in [0.5, 0.6) is 0 Å². The van der Waals surface area contributed by atoms with Gasteiger partial charge in [0.15, 0.2) is 0 Å². The number of rotatable bonds is 5. The van der Waals surface area contributed by atoms with Crippen LogP contribution in [0.15, 0.2) is 6.07 Å². The Bertz CT molecular complexity index is 401. The summed E-state index contributed by atoms with van der Waals surface area (Å²) in [6.07, 6.45) is 8.22. The molecule has 1 aliphatic carbocycles. The summed E-state index contributed by atoms with van der Waals surface area (Å²) < 4.78 is 0. The molecule has 1 aromatic rings. The van der Waals surface area contributed by atoms with Crippen molar-refractivity contribution in [2.75, 3.05) is 6.54 Å². The molecule has 0 radical (unpaired) electrons. The standard InChI is InChI=1S/C17H29NS/c1-5-11-18-16(15-13(2)12-14(3)19-15)17(4)9-7-6-8-10-17/h12,16,18H,5-11H2,1-4H3. The van der Waals surface area contributed by atoms with Gasteiger partial charge in [-0.1, -0.05) is 33.1 Å². The van der Waals surface area contributed by atoms with E-state index in [4.69, 9.17) is 0 Å². The molecular weight excluding hydrogens is 250 g/mol. The molecule has 1 atom stereocenters. The largest absolute Gasteiger partial charge is 0.309 e. The highest BCUT2D eigenvalue weighted by Crippen LogP contribution is 2.48. The Morgan fingerprint density at radius 1 is 1.26 bits per heavy atom. The summed E-state index contributed by atoms with van der Waals surface area (Å²) in [6.45, 7) is 10.4. The van der Waals surface area contributed by atoms with Crippen LogP contribution in [0.2, 0.25) is 0 Å².